The Morgan fingerprint density at radius 2 is 1.79 bits per heavy atom. The molecule has 1 saturated heterocycles. The Kier molecular flexibility index (Phi) is 7.82. The van der Waals surface area contributed by atoms with Gasteiger partial charge in [0.1, 0.15) is 5.75 Å². The van der Waals surface area contributed by atoms with E-state index in [0.29, 0.717) is 12.1 Å². The lowest BCUT2D eigenvalue weighted by atomic mass is 9.86. The van der Waals surface area contributed by atoms with Crippen LogP contribution in [0.5, 0.6) is 5.75 Å². The van der Waals surface area contributed by atoms with Crippen molar-refractivity contribution in [1.82, 2.24) is 14.7 Å². The number of methoxy groups -OCH3 is 1. The average Bonchev–Trinajstić information content (AvgIpc) is 2.77. The Morgan fingerprint density at radius 3 is 2.41 bits per heavy atom. The number of amides is 2. The van der Waals surface area contributed by atoms with E-state index in [1.54, 1.807) is 7.11 Å². The molecule has 29 heavy (non-hydrogen) atoms. The van der Waals surface area contributed by atoms with E-state index in [-0.39, 0.29) is 6.03 Å². The first-order valence-electron chi connectivity index (χ1n) is 11.6. The minimum atomic E-state index is 0.217. The second-order valence-electron chi connectivity index (χ2n) is 8.44. The number of urea groups is 1. The summed E-state index contributed by atoms with van der Waals surface area (Å²) in [4.78, 5) is 19.5. The summed E-state index contributed by atoms with van der Waals surface area (Å²) in [6.45, 7) is 10.9. The molecular formula is C24H39N3O2. The van der Waals surface area contributed by atoms with Gasteiger partial charge in [-0.15, -0.1) is 0 Å². The molecule has 2 aliphatic rings. The van der Waals surface area contributed by atoms with Crippen LogP contribution in [0, 0.1) is 0 Å². The third kappa shape index (κ3) is 5.06. The quantitative estimate of drug-likeness (QED) is 0.687. The molecule has 0 saturated carbocycles. The summed E-state index contributed by atoms with van der Waals surface area (Å²) in [5.74, 6) is 0.967. The molecule has 1 fully saturated rings. The summed E-state index contributed by atoms with van der Waals surface area (Å²) < 4.78 is 5.46. The molecular weight excluding hydrogens is 362 g/mol. The van der Waals surface area contributed by atoms with Crippen LogP contribution in [0.15, 0.2) is 18.2 Å². The van der Waals surface area contributed by atoms with Crippen LogP contribution in [0.3, 0.4) is 0 Å². The van der Waals surface area contributed by atoms with Gasteiger partial charge in [-0.3, -0.25) is 4.90 Å². The molecule has 0 N–H and O–H groups in total. The van der Waals surface area contributed by atoms with Crippen LogP contribution >= 0.6 is 0 Å². The molecule has 1 unspecified atom stereocenters. The predicted octanol–water partition coefficient (Wildman–Crippen LogP) is 4.19. The van der Waals surface area contributed by atoms with Gasteiger partial charge in [-0.2, -0.15) is 0 Å². The number of carbonyl (C=O) groups excluding carboxylic acids is 1. The van der Waals surface area contributed by atoms with E-state index in [1.165, 1.54) is 24.0 Å². The zero-order valence-corrected chi connectivity index (χ0v) is 18.8. The zero-order valence-electron chi connectivity index (χ0n) is 18.8. The van der Waals surface area contributed by atoms with E-state index in [1.807, 2.05) is 4.90 Å². The SMILES string of the molecule is CCCN(C1CCN(C(=O)N(CC)CC)CC1)C1CCc2ccc(OC)cc2C1. The normalized spacial score (nSPS) is 19.9. The van der Waals surface area contributed by atoms with Gasteiger partial charge in [-0.25, -0.2) is 4.79 Å². The molecule has 0 spiro atoms. The molecule has 1 aromatic carbocycles. The van der Waals surface area contributed by atoms with Crippen LogP contribution in [0.2, 0.25) is 0 Å². The lowest BCUT2D eigenvalue weighted by Crippen LogP contribution is -2.53. The maximum absolute atomic E-state index is 12.7. The van der Waals surface area contributed by atoms with Gasteiger partial charge in [0.2, 0.25) is 0 Å². The van der Waals surface area contributed by atoms with Crippen molar-refractivity contribution in [3.05, 3.63) is 29.3 Å². The zero-order chi connectivity index (χ0) is 20.8. The van der Waals surface area contributed by atoms with Crippen molar-refractivity contribution in [2.24, 2.45) is 0 Å². The van der Waals surface area contributed by atoms with Crippen LogP contribution in [0.1, 0.15) is 57.6 Å². The average molecular weight is 402 g/mol. The first-order chi connectivity index (χ1) is 14.1. The smallest absolute Gasteiger partial charge is 0.319 e. The molecule has 5 nitrogen and oxygen atoms in total. The van der Waals surface area contributed by atoms with E-state index in [2.05, 4.69) is 48.8 Å². The van der Waals surface area contributed by atoms with Crippen LogP contribution in [0.4, 0.5) is 4.79 Å². The molecule has 1 atom stereocenters. The second kappa shape index (κ2) is 10.3. The van der Waals surface area contributed by atoms with Gasteiger partial charge in [-0.1, -0.05) is 13.0 Å². The maximum atomic E-state index is 12.7. The summed E-state index contributed by atoms with van der Waals surface area (Å²) in [5, 5.41) is 0. The number of aryl methyl sites for hydroxylation is 1. The van der Waals surface area contributed by atoms with Crippen LogP contribution in [-0.4, -0.2) is 72.6 Å². The lowest BCUT2D eigenvalue weighted by Gasteiger charge is -2.44. The van der Waals surface area contributed by atoms with Crippen LogP contribution in [0.25, 0.3) is 0 Å². The highest BCUT2D eigenvalue weighted by molar-refractivity contribution is 5.74. The van der Waals surface area contributed by atoms with Crippen molar-refractivity contribution in [1.29, 1.82) is 0 Å². The Balaban J connectivity index is 1.64. The summed E-state index contributed by atoms with van der Waals surface area (Å²) in [6.07, 6.45) is 6.87. The highest BCUT2D eigenvalue weighted by atomic mass is 16.5. The number of nitrogens with zero attached hydrogens (tertiary/aromatic N) is 3. The first-order valence-corrected chi connectivity index (χ1v) is 11.6. The first kappa shape index (κ1) is 21.9. The topological polar surface area (TPSA) is 36.0 Å². The Bertz CT molecular complexity index is 666. The molecule has 3 rings (SSSR count). The number of hydrogen-bond acceptors (Lipinski definition) is 3. The Morgan fingerprint density at radius 1 is 1.07 bits per heavy atom. The van der Waals surface area contributed by atoms with E-state index < -0.39 is 0 Å². The summed E-state index contributed by atoms with van der Waals surface area (Å²) in [6, 6.07) is 7.97. The monoisotopic (exact) mass is 401 g/mol. The third-order valence-electron chi connectivity index (χ3n) is 6.80. The number of ether oxygens (including phenoxy) is 1. The van der Waals surface area contributed by atoms with Crippen LogP contribution < -0.4 is 4.74 Å². The van der Waals surface area contributed by atoms with Gasteiger partial charge < -0.3 is 14.5 Å². The molecule has 1 heterocycles. The molecule has 0 bridgehead atoms. The Labute approximate surface area is 177 Å². The van der Waals surface area contributed by atoms with E-state index in [0.717, 1.165) is 64.2 Å². The number of fused-ring (bicyclic) bond motifs is 1. The van der Waals surface area contributed by atoms with Gasteiger partial charge in [0, 0.05) is 38.3 Å². The fourth-order valence-electron chi connectivity index (χ4n) is 5.13. The number of benzene rings is 1. The summed E-state index contributed by atoms with van der Waals surface area (Å²) in [5.41, 5.74) is 2.94. The van der Waals surface area contributed by atoms with Crippen molar-refractivity contribution in [2.75, 3.05) is 39.8 Å². The molecule has 5 heteroatoms. The van der Waals surface area contributed by atoms with Crippen molar-refractivity contribution in [3.63, 3.8) is 0 Å². The second-order valence-corrected chi connectivity index (χ2v) is 8.44. The fraction of sp³-hybridized carbons (Fsp3) is 0.708. The van der Waals surface area contributed by atoms with Gasteiger partial charge in [0.25, 0.3) is 0 Å². The number of hydrogen-bond donors (Lipinski definition) is 0. The van der Waals surface area contributed by atoms with Crippen molar-refractivity contribution < 1.29 is 9.53 Å². The van der Waals surface area contributed by atoms with E-state index >= 15 is 0 Å². The molecule has 1 aliphatic heterocycles. The molecule has 0 radical (unpaired) electrons. The molecule has 162 valence electrons. The maximum Gasteiger partial charge on any atom is 0.319 e. The molecule has 1 aliphatic carbocycles. The fourth-order valence-corrected chi connectivity index (χ4v) is 5.13. The molecule has 1 aromatic rings. The highest BCUT2D eigenvalue weighted by Gasteiger charge is 2.33. The number of likely N-dealkylation sites (tertiary alicyclic amines) is 1. The Hall–Kier alpha value is -1.75. The molecule has 0 aromatic heterocycles. The number of rotatable bonds is 7. The third-order valence-corrected chi connectivity index (χ3v) is 6.80. The van der Waals surface area contributed by atoms with Gasteiger partial charge >= 0.3 is 6.03 Å². The standard InChI is InChI=1S/C24H39N3O2/c1-5-14-27(21-12-15-26(16-13-21)24(28)25(6-2)7-3)22-10-8-19-9-11-23(29-4)18-20(19)17-22/h9,11,18,21-22H,5-8,10,12-17H2,1-4H3. The van der Waals surface area contributed by atoms with Crippen molar-refractivity contribution >= 4 is 6.03 Å². The number of piperidine rings is 1. The minimum absolute atomic E-state index is 0.217. The lowest BCUT2D eigenvalue weighted by molar-refractivity contribution is 0.0685. The summed E-state index contributed by atoms with van der Waals surface area (Å²) in [7, 11) is 1.75. The number of carbonyl (C=O) groups is 1. The minimum Gasteiger partial charge on any atom is -0.497 e. The van der Waals surface area contributed by atoms with Gasteiger partial charge in [0.15, 0.2) is 0 Å². The van der Waals surface area contributed by atoms with Gasteiger partial charge in [0.05, 0.1) is 7.11 Å². The van der Waals surface area contributed by atoms with Crippen molar-refractivity contribution in [3.8, 4) is 5.75 Å². The predicted molar refractivity (Wildman–Crippen MR) is 119 cm³/mol. The van der Waals surface area contributed by atoms with E-state index in [9.17, 15) is 4.79 Å². The summed E-state index contributed by atoms with van der Waals surface area (Å²) >= 11 is 0. The highest BCUT2D eigenvalue weighted by Crippen LogP contribution is 2.31. The largest absolute Gasteiger partial charge is 0.497 e. The van der Waals surface area contributed by atoms with E-state index in [4.69, 9.17) is 4.74 Å². The van der Waals surface area contributed by atoms with Crippen molar-refractivity contribution in [2.45, 2.75) is 71.4 Å². The molecule has 2 amide bonds. The van der Waals surface area contributed by atoms with Gasteiger partial charge in [-0.05, 0) is 82.2 Å². The van der Waals surface area contributed by atoms with Crippen LogP contribution in [-0.2, 0) is 12.8 Å².